The largest absolute Gasteiger partial charge is 0.459 e. The first-order valence-electron chi connectivity index (χ1n) is 9.23. The standard InChI is InChI=1S/C23H19N3O3/c27-22(25-18-11-4-9-17-10-5-13-24-21(17)18)19(15-16-7-2-1-3-8-16)26-23(28)20-12-6-14-29-20/h1-14,19H,15H2,(H,25,27)(H,26,28). The predicted octanol–water partition coefficient (Wildman–Crippen LogP) is 3.81. The molecule has 2 aromatic carbocycles. The van der Waals surface area contributed by atoms with Crippen molar-refractivity contribution < 1.29 is 14.0 Å². The number of furan rings is 1. The van der Waals surface area contributed by atoms with E-state index in [1.807, 2.05) is 54.6 Å². The lowest BCUT2D eigenvalue weighted by molar-refractivity contribution is -0.118. The Balaban J connectivity index is 1.58. The Kier molecular flexibility index (Phi) is 5.33. The van der Waals surface area contributed by atoms with Crippen molar-refractivity contribution in [2.24, 2.45) is 0 Å². The van der Waals surface area contributed by atoms with Gasteiger partial charge in [0.2, 0.25) is 5.91 Å². The highest BCUT2D eigenvalue weighted by Gasteiger charge is 2.23. The van der Waals surface area contributed by atoms with Crippen LogP contribution in [0.25, 0.3) is 10.9 Å². The van der Waals surface area contributed by atoms with Crippen LogP contribution in [0.4, 0.5) is 5.69 Å². The molecule has 0 bridgehead atoms. The van der Waals surface area contributed by atoms with Gasteiger partial charge in [-0.15, -0.1) is 0 Å². The van der Waals surface area contributed by atoms with Crippen molar-refractivity contribution in [3.63, 3.8) is 0 Å². The van der Waals surface area contributed by atoms with Gasteiger partial charge >= 0.3 is 0 Å². The molecule has 0 fully saturated rings. The van der Waals surface area contributed by atoms with E-state index in [0.717, 1.165) is 10.9 Å². The molecule has 0 aliphatic heterocycles. The van der Waals surface area contributed by atoms with Crippen molar-refractivity contribution in [1.82, 2.24) is 10.3 Å². The van der Waals surface area contributed by atoms with Gasteiger partial charge in [0.15, 0.2) is 5.76 Å². The number of fused-ring (bicyclic) bond motifs is 1. The molecule has 0 aliphatic carbocycles. The quantitative estimate of drug-likeness (QED) is 0.529. The zero-order chi connectivity index (χ0) is 20.1. The first-order chi connectivity index (χ1) is 14.2. The van der Waals surface area contributed by atoms with Crippen LogP contribution < -0.4 is 10.6 Å². The van der Waals surface area contributed by atoms with Crippen LogP contribution in [0, 0.1) is 0 Å². The zero-order valence-corrected chi connectivity index (χ0v) is 15.5. The van der Waals surface area contributed by atoms with E-state index in [2.05, 4.69) is 15.6 Å². The van der Waals surface area contributed by atoms with Crippen LogP contribution in [0.3, 0.4) is 0 Å². The predicted molar refractivity (Wildman–Crippen MR) is 110 cm³/mol. The van der Waals surface area contributed by atoms with Crippen molar-refractivity contribution in [3.8, 4) is 0 Å². The number of amides is 2. The molecule has 4 aromatic rings. The van der Waals surface area contributed by atoms with Crippen LogP contribution in [0.5, 0.6) is 0 Å². The number of aromatic nitrogens is 1. The van der Waals surface area contributed by atoms with E-state index in [1.165, 1.54) is 6.26 Å². The summed E-state index contributed by atoms with van der Waals surface area (Å²) in [6, 6.07) is 21.3. The smallest absolute Gasteiger partial charge is 0.287 e. The number of rotatable bonds is 6. The maximum Gasteiger partial charge on any atom is 0.287 e. The van der Waals surface area contributed by atoms with E-state index >= 15 is 0 Å². The molecule has 0 saturated heterocycles. The second kappa shape index (κ2) is 8.39. The Morgan fingerprint density at radius 2 is 1.76 bits per heavy atom. The minimum atomic E-state index is -0.783. The van der Waals surface area contributed by atoms with Gasteiger partial charge in [-0.2, -0.15) is 0 Å². The molecule has 0 saturated carbocycles. The molecule has 6 heteroatoms. The lowest BCUT2D eigenvalue weighted by atomic mass is 10.0. The van der Waals surface area contributed by atoms with Crippen molar-refractivity contribution in [2.45, 2.75) is 12.5 Å². The summed E-state index contributed by atoms with van der Waals surface area (Å²) in [5.41, 5.74) is 2.22. The zero-order valence-electron chi connectivity index (χ0n) is 15.5. The van der Waals surface area contributed by atoms with Crippen LogP contribution in [-0.2, 0) is 11.2 Å². The lowest BCUT2D eigenvalue weighted by Crippen LogP contribution is -2.45. The molecule has 2 amide bonds. The van der Waals surface area contributed by atoms with Crippen LogP contribution in [-0.4, -0.2) is 22.8 Å². The second-order valence-electron chi connectivity index (χ2n) is 6.56. The number of benzene rings is 2. The average Bonchev–Trinajstić information content (AvgIpc) is 3.29. The average molecular weight is 385 g/mol. The molecular weight excluding hydrogens is 366 g/mol. The number of carbonyl (C=O) groups is 2. The number of hydrogen-bond acceptors (Lipinski definition) is 4. The fourth-order valence-electron chi connectivity index (χ4n) is 3.12. The molecule has 1 unspecified atom stereocenters. The normalized spacial score (nSPS) is 11.7. The molecule has 29 heavy (non-hydrogen) atoms. The van der Waals surface area contributed by atoms with Gasteiger partial charge in [0.25, 0.3) is 5.91 Å². The number of carbonyl (C=O) groups excluding carboxylic acids is 2. The van der Waals surface area contributed by atoms with Gasteiger partial charge in [-0.1, -0.05) is 48.5 Å². The van der Waals surface area contributed by atoms with Gasteiger partial charge in [-0.3, -0.25) is 14.6 Å². The van der Waals surface area contributed by atoms with Gasteiger partial charge in [-0.25, -0.2) is 0 Å². The summed E-state index contributed by atoms with van der Waals surface area (Å²) >= 11 is 0. The summed E-state index contributed by atoms with van der Waals surface area (Å²) in [6.45, 7) is 0. The Morgan fingerprint density at radius 1 is 0.931 bits per heavy atom. The molecular formula is C23H19N3O3. The first kappa shape index (κ1) is 18.4. The van der Waals surface area contributed by atoms with E-state index in [-0.39, 0.29) is 11.7 Å². The molecule has 144 valence electrons. The third kappa shape index (κ3) is 4.32. The number of hydrogen-bond donors (Lipinski definition) is 2. The molecule has 2 heterocycles. The third-order valence-corrected chi connectivity index (χ3v) is 4.54. The molecule has 2 N–H and O–H groups in total. The Hall–Kier alpha value is -3.93. The highest BCUT2D eigenvalue weighted by atomic mass is 16.3. The molecule has 0 radical (unpaired) electrons. The summed E-state index contributed by atoms with van der Waals surface area (Å²) in [4.78, 5) is 29.9. The SMILES string of the molecule is O=C(NC(Cc1ccccc1)C(=O)Nc1cccc2cccnc12)c1ccco1. The van der Waals surface area contributed by atoms with Crippen molar-refractivity contribution >= 4 is 28.4 Å². The number of para-hydroxylation sites is 1. The summed E-state index contributed by atoms with van der Waals surface area (Å²) in [7, 11) is 0. The van der Waals surface area contributed by atoms with Gasteiger partial charge in [0, 0.05) is 18.0 Å². The molecule has 1 atom stereocenters. The summed E-state index contributed by atoms with van der Waals surface area (Å²) < 4.78 is 5.15. The molecule has 4 rings (SSSR count). The summed E-state index contributed by atoms with van der Waals surface area (Å²) in [5.74, 6) is -0.614. The molecule has 0 spiro atoms. The van der Waals surface area contributed by atoms with E-state index < -0.39 is 11.9 Å². The molecule has 0 aliphatic rings. The van der Waals surface area contributed by atoms with Crippen LogP contribution >= 0.6 is 0 Å². The van der Waals surface area contributed by atoms with Crippen molar-refractivity contribution in [3.05, 3.63) is 96.6 Å². The van der Waals surface area contributed by atoms with Gasteiger partial charge in [-0.05, 0) is 29.8 Å². The minimum absolute atomic E-state index is 0.155. The second-order valence-corrected chi connectivity index (χ2v) is 6.56. The Bertz CT molecular complexity index is 1120. The minimum Gasteiger partial charge on any atom is -0.459 e. The van der Waals surface area contributed by atoms with Crippen LogP contribution in [0.2, 0.25) is 0 Å². The summed E-state index contributed by atoms with van der Waals surface area (Å²) in [6.07, 6.45) is 3.44. The van der Waals surface area contributed by atoms with E-state index in [4.69, 9.17) is 4.42 Å². The third-order valence-electron chi connectivity index (χ3n) is 4.54. The van der Waals surface area contributed by atoms with Crippen LogP contribution in [0.1, 0.15) is 16.1 Å². The lowest BCUT2D eigenvalue weighted by Gasteiger charge is -2.18. The maximum atomic E-state index is 13.1. The van der Waals surface area contributed by atoms with E-state index in [1.54, 1.807) is 24.4 Å². The number of pyridine rings is 1. The summed E-state index contributed by atoms with van der Waals surface area (Å²) in [5, 5.41) is 6.60. The fourth-order valence-corrected chi connectivity index (χ4v) is 3.12. The van der Waals surface area contributed by atoms with E-state index in [9.17, 15) is 9.59 Å². The Morgan fingerprint density at radius 3 is 2.55 bits per heavy atom. The number of nitrogens with zero attached hydrogens (tertiary/aromatic N) is 1. The molecule has 2 aromatic heterocycles. The maximum absolute atomic E-state index is 13.1. The van der Waals surface area contributed by atoms with Gasteiger partial charge in [0.1, 0.15) is 6.04 Å². The highest BCUT2D eigenvalue weighted by Crippen LogP contribution is 2.21. The Labute approximate surface area is 167 Å². The number of anilines is 1. The van der Waals surface area contributed by atoms with Crippen molar-refractivity contribution in [2.75, 3.05) is 5.32 Å². The number of nitrogens with one attached hydrogen (secondary N) is 2. The monoisotopic (exact) mass is 385 g/mol. The topological polar surface area (TPSA) is 84.2 Å². The van der Waals surface area contributed by atoms with Crippen molar-refractivity contribution in [1.29, 1.82) is 0 Å². The molecule has 6 nitrogen and oxygen atoms in total. The highest BCUT2D eigenvalue weighted by molar-refractivity contribution is 6.04. The first-order valence-corrected chi connectivity index (χ1v) is 9.23. The van der Waals surface area contributed by atoms with Gasteiger partial charge < -0.3 is 15.1 Å². The fraction of sp³-hybridized carbons (Fsp3) is 0.0870. The van der Waals surface area contributed by atoms with Crippen LogP contribution in [0.15, 0.2) is 89.7 Å². The van der Waals surface area contributed by atoms with E-state index in [0.29, 0.717) is 17.6 Å². The van der Waals surface area contributed by atoms with Gasteiger partial charge in [0.05, 0.1) is 17.5 Å².